The van der Waals surface area contributed by atoms with Gasteiger partial charge in [-0.05, 0) is 59.9 Å². The van der Waals surface area contributed by atoms with Crippen molar-refractivity contribution in [3.63, 3.8) is 0 Å². The molecular formula is C27H19ClF4N2O2. The molecule has 2 aliphatic rings. The lowest BCUT2D eigenvalue weighted by molar-refractivity contribution is -0.170. The van der Waals surface area contributed by atoms with E-state index in [1.165, 1.54) is 24.3 Å². The number of amides is 1. The molecule has 0 unspecified atom stereocenters. The first-order chi connectivity index (χ1) is 17.1. The van der Waals surface area contributed by atoms with Gasteiger partial charge in [-0.2, -0.15) is 13.2 Å². The maximum atomic E-state index is 13.9. The molecule has 1 heterocycles. The summed E-state index contributed by atoms with van der Waals surface area (Å²) < 4.78 is 55.3. The number of nitrogens with zero attached hydrogens (tertiary/aromatic N) is 1. The Kier molecular flexibility index (Phi) is 6.08. The molecule has 3 aromatic rings. The Morgan fingerprint density at radius 1 is 0.917 bits per heavy atom. The molecule has 1 amide bonds. The molecule has 5 rings (SSSR count). The predicted octanol–water partition coefficient (Wildman–Crippen LogP) is 6.94. The third-order valence-corrected chi connectivity index (χ3v) is 6.73. The molecule has 184 valence electrons. The summed E-state index contributed by atoms with van der Waals surface area (Å²) in [5.74, 6) is -3.35. The van der Waals surface area contributed by atoms with Crippen molar-refractivity contribution in [1.82, 2.24) is 0 Å². The lowest BCUT2D eigenvalue weighted by Gasteiger charge is -2.35. The summed E-state index contributed by atoms with van der Waals surface area (Å²) in [7, 11) is 0. The molecule has 0 saturated carbocycles. The third kappa shape index (κ3) is 4.37. The zero-order valence-electron chi connectivity index (χ0n) is 18.7. The fraction of sp³-hybridized carbons (Fsp3) is 0.185. The summed E-state index contributed by atoms with van der Waals surface area (Å²) in [6.07, 6.45) is -4.85. The minimum atomic E-state index is -5.21. The molecule has 0 saturated heterocycles. The first-order valence-corrected chi connectivity index (χ1v) is 11.5. The molecule has 0 fully saturated rings. The van der Waals surface area contributed by atoms with Gasteiger partial charge in [0.1, 0.15) is 5.82 Å². The van der Waals surface area contributed by atoms with Crippen LogP contribution >= 0.6 is 11.6 Å². The van der Waals surface area contributed by atoms with Crippen molar-refractivity contribution in [2.75, 3.05) is 10.2 Å². The largest absolute Gasteiger partial charge is 0.471 e. The minimum absolute atomic E-state index is 0.0283. The highest BCUT2D eigenvalue weighted by molar-refractivity contribution is 6.30. The molecule has 4 nitrogen and oxygen atoms in total. The van der Waals surface area contributed by atoms with Gasteiger partial charge in [-0.3, -0.25) is 14.5 Å². The van der Waals surface area contributed by atoms with E-state index in [1.807, 2.05) is 12.1 Å². The van der Waals surface area contributed by atoms with Crippen LogP contribution in [-0.4, -0.2) is 17.9 Å². The summed E-state index contributed by atoms with van der Waals surface area (Å²) in [5, 5.41) is 3.69. The summed E-state index contributed by atoms with van der Waals surface area (Å²) in [5.41, 5.74) is 1.76. The number of alkyl halides is 3. The van der Waals surface area contributed by atoms with Gasteiger partial charge in [-0.25, -0.2) is 4.39 Å². The van der Waals surface area contributed by atoms with Gasteiger partial charge in [0, 0.05) is 22.7 Å². The molecule has 36 heavy (non-hydrogen) atoms. The molecule has 1 N–H and O–H groups in total. The number of allylic oxidation sites excluding steroid dienone is 1. The molecular weight excluding hydrogens is 496 g/mol. The Morgan fingerprint density at radius 3 is 2.22 bits per heavy atom. The lowest BCUT2D eigenvalue weighted by Crippen LogP contribution is -2.45. The van der Waals surface area contributed by atoms with E-state index < -0.39 is 29.7 Å². The smallest absolute Gasteiger partial charge is 0.357 e. The number of ketones is 1. The second kappa shape index (κ2) is 9.09. The highest BCUT2D eigenvalue weighted by Crippen LogP contribution is 2.48. The zero-order chi connectivity index (χ0) is 25.6. The number of hydrogen-bond donors (Lipinski definition) is 1. The number of halogens is 5. The van der Waals surface area contributed by atoms with Crippen molar-refractivity contribution in [3.8, 4) is 0 Å². The Hall–Kier alpha value is -3.65. The highest BCUT2D eigenvalue weighted by atomic mass is 35.5. The van der Waals surface area contributed by atoms with Gasteiger partial charge >= 0.3 is 12.1 Å². The van der Waals surface area contributed by atoms with Crippen LogP contribution in [0.3, 0.4) is 0 Å². The van der Waals surface area contributed by atoms with E-state index in [0.717, 1.165) is 17.7 Å². The van der Waals surface area contributed by atoms with Gasteiger partial charge in [-0.1, -0.05) is 48.0 Å². The van der Waals surface area contributed by atoms with Crippen LogP contribution in [0.25, 0.3) is 0 Å². The number of carbonyl (C=O) groups excluding carboxylic acids is 2. The summed E-state index contributed by atoms with van der Waals surface area (Å²) in [6, 6.07) is 16.5. The minimum Gasteiger partial charge on any atom is -0.357 e. The topological polar surface area (TPSA) is 49.4 Å². The molecule has 9 heteroatoms. The average Bonchev–Trinajstić information content (AvgIpc) is 2.98. The van der Waals surface area contributed by atoms with Crippen molar-refractivity contribution in [1.29, 1.82) is 0 Å². The van der Waals surface area contributed by atoms with Crippen LogP contribution in [0.15, 0.2) is 84.1 Å². The van der Waals surface area contributed by atoms with Crippen LogP contribution < -0.4 is 10.2 Å². The molecule has 0 bridgehead atoms. The highest BCUT2D eigenvalue weighted by Gasteiger charge is 2.49. The second-order valence-corrected chi connectivity index (χ2v) is 9.18. The van der Waals surface area contributed by atoms with Crippen LogP contribution in [0.5, 0.6) is 0 Å². The van der Waals surface area contributed by atoms with Crippen LogP contribution in [0.2, 0.25) is 5.02 Å². The van der Waals surface area contributed by atoms with Gasteiger partial charge in [0.15, 0.2) is 5.78 Å². The van der Waals surface area contributed by atoms with E-state index >= 15 is 0 Å². The Morgan fingerprint density at radius 2 is 1.56 bits per heavy atom. The standard InChI is InChI=1S/C27H19ClF4N2O2/c28-18-9-5-15(6-10-18)17-13-21-24(23(35)14-17)25(16-7-11-19(29)12-8-16)34(26(36)27(30,31)32)22-4-2-1-3-20(22)33-21/h1-12,17,25,33H,13-14H2/t17-,25+/m0/s1. The van der Waals surface area contributed by atoms with Crippen molar-refractivity contribution in [2.24, 2.45) is 0 Å². The first kappa shape index (κ1) is 24.1. The number of para-hydroxylation sites is 2. The summed E-state index contributed by atoms with van der Waals surface area (Å²) in [6.45, 7) is 0. The summed E-state index contributed by atoms with van der Waals surface area (Å²) >= 11 is 6.00. The van der Waals surface area contributed by atoms with Crippen LogP contribution in [-0.2, 0) is 9.59 Å². The van der Waals surface area contributed by atoms with E-state index in [2.05, 4.69) is 5.32 Å². The van der Waals surface area contributed by atoms with Crippen LogP contribution in [0.1, 0.15) is 35.9 Å². The van der Waals surface area contributed by atoms with Crippen molar-refractivity contribution < 1.29 is 27.2 Å². The van der Waals surface area contributed by atoms with Gasteiger partial charge in [0.25, 0.3) is 0 Å². The number of rotatable bonds is 2. The van der Waals surface area contributed by atoms with Gasteiger partial charge in [0.05, 0.1) is 17.4 Å². The second-order valence-electron chi connectivity index (χ2n) is 8.74. The van der Waals surface area contributed by atoms with E-state index in [1.54, 1.807) is 24.3 Å². The number of hydrogen-bond acceptors (Lipinski definition) is 3. The number of Topliss-reactive ketones (excluding diaryl/α,β-unsaturated/α-hetero) is 1. The molecule has 1 aliphatic carbocycles. The lowest BCUT2D eigenvalue weighted by atomic mass is 9.78. The van der Waals surface area contributed by atoms with E-state index in [0.29, 0.717) is 22.0 Å². The first-order valence-electron chi connectivity index (χ1n) is 11.2. The fourth-order valence-electron chi connectivity index (χ4n) is 4.88. The predicted molar refractivity (Wildman–Crippen MR) is 128 cm³/mol. The van der Waals surface area contributed by atoms with Gasteiger partial charge < -0.3 is 5.32 Å². The average molecular weight is 515 g/mol. The number of nitrogens with one attached hydrogen (secondary N) is 1. The van der Waals surface area contributed by atoms with E-state index in [-0.39, 0.29) is 34.9 Å². The van der Waals surface area contributed by atoms with Crippen molar-refractivity contribution in [3.05, 3.63) is 106 Å². The normalized spacial score (nSPS) is 19.8. The Balaban J connectivity index is 1.72. The SMILES string of the molecule is O=C1C[C@@H](c2ccc(Cl)cc2)CC2=C1[C@@H](c1ccc(F)cc1)N(C(=O)C(F)(F)F)c1ccccc1N2. The molecule has 0 spiro atoms. The van der Waals surface area contributed by atoms with Gasteiger partial charge in [0.2, 0.25) is 0 Å². The summed E-state index contributed by atoms with van der Waals surface area (Å²) in [4.78, 5) is 27.1. The maximum absolute atomic E-state index is 13.9. The Labute approximate surface area is 209 Å². The van der Waals surface area contributed by atoms with E-state index in [4.69, 9.17) is 11.6 Å². The Bertz CT molecular complexity index is 1370. The number of anilines is 2. The van der Waals surface area contributed by atoms with E-state index in [9.17, 15) is 27.2 Å². The quantitative estimate of drug-likeness (QED) is 0.377. The maximum Gasteiger partial charge on any atom is 0.471 e. The number of benzene rings is 3. The number of fused-ring (bicyclic) bond motifs is 1. The zero-order valence-corrected chi connectivity index (χ0v) is 19.4. The monoisotopic (exact) mass is 514 g/mol. The van der Waals surface area contributed by atoms with Crippen LogP contribution in [0, 0.1) is 5.82 Å². The number of carbonyl (C=O) groups is 2. The molecule has 2 atom stereocenters. The fourth-order valence-corrected chi connectivity index (χ4v) is 5.01. The molecule has 0 aromatic heterocycles. The van der Waals surface area contributed by atoms with Crippen LogP contribution in [0.4, 0.5) is 28.9 Å². The molecule has 0 radical (unpaired) electrons. The molecule has 1 aliphatic heterocycles. The van der Waals surface area contributed by atoms with Crippen molar-refractivity contribution in [2.45, 2.75) is 31.0 Å². The van der Waals surface area contributed by atoms with Gasteiger partial charge in [-0.15, -0.1) is 0 Å². The molecule has 3 aromatic carbocycles. The van der Waals surface area contributed by atoms with Crippen molar-refractivity contribution >= 4 is 34.7 Å². The third-order valence-electron chi connectivity index (χ3n) is 6.48.